The summed E-state index contributed by atoms with van der Waals surface area (Å²) in [6, 6.07) is 0. The van der Waals surface area contributed by atoms with Gasteiger partial charge in [0.15, 0.2) is 9.84 Å². The fraction of sp³-hybridized carbons (Fsp3) is 0.727. The molecule has 0 saturated carbocycles. The van der Waals surface area contributed by atoms with Crippen molar-refractivity contribution in [1.29, 1.82) is 0 Å². The summed E-state index contributed by atoms with van der Waals surface area (Å²) in [6.45, 7) is 2.41. The van der Waals surface area contributed by atoms with Gasteiger partial charge >= 0.3 is 0 Å². The quantitative estimate of drug-likeness (QED) is 0.862. The minimum absolute atomic E-state index is 0.0572. The first-order valence-electron chi connectivity index (χ1n) is 6.47. The summed E-state index contributed by atoms with van der Waals surface area (Å²) in [5.74, 6) is -0.0981. The number of hydrogen-bond donors (Lipinski definition) is 1. The van der Waals surface area contributed by atoms with Crippen LogP contribution in [0.3, 0.4) is 0 Å². The Morgan fingerprint density at radius 1 is 1.40 bits per heavy atom. The van der Waals surface area contributed by atoms with Crippen LogP contribution in [-0.4, -0.2) is 56.4 Å². The van der Waals surface area contributed by atoms with Crippen molar-refractivity contribution in [3.8, 4) is 0 Å². The summed E-state index contributed by atoms with van der Waals surface area (Å²) >= 11 is 0. The van der Waals surface area contributed by atoms with Gasteiger partial charge in [-0.1, -0.05) is 0 Å². The number of hydrogen-bond acceptors (Lipinski definition) is 5. The Labute approximate surface area is 119 Å². The average Bonchev–Trinajstić information content (AvgIpc) is 2.88. The van der Waals surface area contributed by atoms with E-state index in [-0.39, 0.29) is 16.6 Å². The lowest BCUT2D eigenvalue weighted by molar-refractivity contribution is 0.311. The zero-order valence-corrected chi connectivity index (χ0v) is 13.2. The molecule has 114 valence electrons. The fourth-order valence-corrected chi connectivity index (χ4v) is 4.52. The van der Waals surface area contributed by atoms with Gasteiger partial charge in [-0.3, -0.25) is 5.10 Å². The molecule has 0 aromatic carbocycles. The molecular weight excluding hydrogens is 302 g/mol. The molecule has 0 spiro atoms. The summed E-state index contributed by atoms with van der Waals surface area (Å²) in [6.07, 6.45) is 3.88. The third-order valence-electron chi connectivity index (χ3n) is 3.58. The predicted molar refractivity (Wildman–Crippen MR) is 74.7 cm³/mol. The maximum atomic E-state index is 11.9. The van der Waals surface area contributed by atoms with Crippen LogP contribution in [0.2, 0.25) is 0 Å². The Kier molecular flexibility index (Phi) is 4.22. The first kappa shape index (κ1) is 15.5. The van der Waals surface area contributed by atoms with Gasteiger partial charge in [-0.15, -0.1) is 0 Å². The molecule has 20 heavy (non-hydrogen) atoms. The second-order valence-corrected chi connectivity index (χ2v) is 9.26. The molecule has 1 aliphatic rings. The highest BCUT2D eigenvalue weighted by Gasteiger charge is 2.31. The highest BCUT2D eigenvalue weighted by molar-refractivity contribution is 7.90. The largest absolute Gasteiger partial charge is 0.281 e. The third kappa shape index (κ3) is 3.04. The Morgan fingerprint density at radius 2 is 2.10 bits per heavy atom. The highest BCUT2D eigenvalue weighted by atomic mass is 32.2. The van der Waals surface area contributed by atoms with Crippen LogP contribution in [-0.2, 0) is 19.9 Å². The van der Waals surface area contributed by atoms with Gasteiger partial charge in [-0.2, -0.15) is 5.10 Å². The molecule has 1 aromatic heterocycles. The number of H-pyrrole nitrogens is 1. The first-order chi connectivity index (χ1) is 9.25. The number of aromatic amines is 1. The van der Waals surface area contributed by atoms with E-state index < -0.39 is 19.9 Å². The number of piperidine rings is 1. The van der Waals surface area contributed by atoms with Crippen molar-refractivity contribution in [1.82, 2.24) is 14.5 Å². The molecule has 1 fully saturated rings. The number of nitrogens with zero attached hydrogens (tertiary/aromatic N) is 2. The van der Waals surface area contributed by atoms with E-state index in [9.17, 15) is 16.8 Å². The third-order valence-corrected chi connectivity index (χ3v) is 6.55. The normalized spacial score (nSPS) is 22.0. The predicted octanol–water partition coefficient (Wildman–Crippen LogP) is 0.342. The van der Waals surface area contributed by atoms with Crippen molar-refractivity contribution >= 4 is 19.9 Å². The van der Waals surface area contributed by atoms with E-state index in [1.165, 1.54) is 10.5 Å². The molecule has 1 atom stereocenters. The van der Waals surface area contributed by atoms with E-state index in [1.807, 2.05) is 0 Å². The van der Waals surface area contributed by atoms with Crippen molar-refractivity contribution in [3.63, 3.8) is 0 Å². The fourth-order valence-electron chi connectivity index (χ4n) is 2.49. The summed E-state index contributed by atoms with van der Waals surface area (Å²) in [4.78, 5) is 0.165. The standard InChI is InChI=1S/C11H19N3O4S2/c1-3-20(17,18)14-6-4-5-9(8-14)11-10(7-12-13-11)19(2,15)16/h7,9H,3-6,8H2,1-2H3,(H,12,13)/t9-/m1/s1. The number of sulfone groups is 1. The lowest BCUT2D eigenvalue weighted by atomic mass is 9.96. The second-order valence-electron chi connectivity index (χ2n) is 5.02. The van der Waals surface area contributed by atoms with Crippen LogP contribution >= 0.6 is 0 Å². The van der Waals surface area contributed by atoms with Crippen LogP contribution in [0.4, 0.5) is 0 Å². The second kappa shape index (κ2) is 5.45. The van der Waals surface area contributed by atoms with Crippen molar-refractivity contribution in [3.05, 3.63) is 11.9 Å². The van der Waals surface area contributed by atoms with Gasteiger partial charge in [-0.25, -0.2) is 21.1 Å². The van der Waals surface area contributed by atoms with Gasteiger partial charge in [0.1, 0.15) is 4.90 Å². The summed E-state index contributed by atoms with van der Waals surface area (Å²) < 4.78 is 48.7. The van der Waals surface area contributed by atoms with Gasteiger partial charge in [0.2, 0.25) is 10.0 Å². The van der Waals surface area contributed by atoms with E-state index in [4.69, 9.17) is 0 Å². The van der Waals surface area contributed by atoms with Gasteiger partial charge in [0.25, 0.3) is 0 Å². The lowest BCUT2D eigenvalue weighted by Gasteiger charge is -2.31. The number of rotatable bonds is 4. The molecule has 9 heteroatoms. The van der Waals surface area contributed by atoms with Crippen LogP contribution in [0.25, 0.3) is 0 Å². The maximum absolute atomic E-state index is 11.9. The molecule has 0 aliphatic carbocycles. The molecule has 0 unspecified atom stereocenters. The van der Waals surface area contributed by atoms with Gasteiger partial charge in [0.05, 0.1) is 17.6 Å². The molecule has 1 N–H and O–H groups in total. The molecule has 7 nitrogen and oxygen atoms in total. The van der Waals surface area contributed by atoms with Crippen molar-refractivity contribution in [2.45, 2.75) is 30.6 Å². The highest BCUT2D eigenvalue weighted by Crippen LogP contribution is 2.30. The Morgan fingerprint density at radius 3 is 2.70 bits per heavy atom. The van der Waals surface area contributed by atoms with Crippen LogP contribution < -0.4 is 0 Å². The minimum atomic E-state index is -3.36. The van der Waals surface area contributed by atoms with E-state index in [0.717, 1.165) is 12.7 Å². The molecule has 0 bridgehead atoms. The molecule has 0 amide bonds. The zero-order chi connectivity index (χ0) is 15.0. The Hall–Kier alpha value is -0.930. The smallest absolute Gasteiger partial charge is 0.213 e. The van der Waals surface area contributed by atoms with Crippen LogP contribution in [0.1, 0.15) is 31.4 Å². The van der Waals surface area contributed by atoms with Crippen molar-refractivity contribution in [2.24, 2.45) is 0 Å². The Balaban J connectivity index is 2.29. The first-order valence-corrected chi connectivity index (χ1v) is 9.97. The molecule has 1 aromatic rings. The molecule has 0 radical (unpaired) electrons. The molecular formula is C11H19N3O4S2. The van der Waals surface area contributed by atoms with Crippen molar-refractivity contribution < 1.29 is 16.8 Å². The zero-order valence-electron chi connectivity index (χ0n) is 11.5. The van der Waals surface area contributed by atoms with E-state index in [2.05, 4.69) is 10.2 Å². The molecule has 1 saturated heterocycles. The monoisotopic (exact) mass is 321 g/mol. The van der Waals surface area contributed by atoms with E-state index >= 15 is 0 Å². The van der Waals surface area contributed by atoms with Crippen LogP contribution in [0.15, 0.2) is 11.1 Å². The summed E-state index contributed by atoms with van der Waals surface area (Å²) in [5.41, 5.74) is 0.517. The molecule has 1 aliphatic heterocycles. The maximum Gasteiger partial charge on any atom is 0.213 e. The van der Waals surface area contributed by atoms with E-state index in [1.54, 1.807) is 6.92 Å². The number of nitrogens with one attached hydrogen (secondary N) is 1. The van der Waals surface area contributed by atoms with Gasteiger partial charge in [0, 0.05) is 25.3 Å². The average molecular weight is 321 g/mol. The van der Waals surface area contributed by atoms with Crippen LogP contribution in [0, 0.1) is 0 Å². The minimum Gasteiger partial charge on any atom is -0.281 e. The molecule has 2 heterocycles. The van der Waals surface area contributed by atoms with Crippen LogP contribution in [0.5, 0.6) is 0 Å². The summed E-state index contributed by atoms with van der Waals surface area (Å²) in [7, 11) is -6.60. The van der Waals surface area contributed by atoms with Gasteiger partial charge < -0.3 is 0 Å². The number of aromatic nitrogens is 2. The van der Waals surface area contributed by atoms with E-state index in [0.29, 0.717) is 25.2 Å². The SMILES string of the molecule is CCS(=O)(=O)N1CCC[C@@H](c2[nH]ncc2S(C)(=O)=O)C1. The summed E-state index contributed by atoms with van der Waals surface area (Å²) in [5, 5.41) is 6.52. The Bertz CT molecular complexity index is 678. The lowest BCUT2D eigenvalue weighted by Crippen LogP contribution is -2.40. The van der Waals surface area contributed by atoms with Gasteiger partial charge in [-0.05, 0) is 19.8 Å². The molecule has 2 rings (SSSR count). The topological polar surface area (TPSA) is 100 Å². The number of sulfonamides is 1. The van der Waals surface area contributed by atoms with Crippen molar-refractivity contribution in [2.75, 3.05) is 25.1 Å².